The van der Waals surface area contributed by atoms with Gasteiger partial charge in [0.05, 0.1) is 5.92 Å². The Morgan fingerprint density at radius 2 is 2.00 bits per heavy atom. The highest BCUT2D eigenvalue weighted by molar-refractivity contribution is 6.09. The minimum absolute atomic E-state index is 0.232. The van der Waals surface area contributed by atoms with Crippen molar-refractivity contribution >= 4 is 11.6 Å². The first-order valence-corrected chi connectivity index (χ1v) is 4.83. The number of rotatable bonds is 2. The first-order chi connectivity index (χ1) is 6.37. The van der Waals surface area contributed by atoms with E-state index in [0.717, 1.165) is 12.8 Å². The lowest BCUT2D eigenvalue weighted by molar-refractivity contribution is -0.148. The number of alkyl halides is 2. The van der Waals surface area contributed by atoms with Gasteiger partial charge in [-0.2, -0.15) is 8.78 Å². The molecule has 0 aromatic heterocycles. The summed E-state index contributed by atoms with van der Waals surface area (Å²) in [6.45, 7) is 0.570. The fraction of sp³-hybridized carbons (Fsp3) is 0.800. The predicted octanol–water partition coefficient (Wildman–Crippen LogP) is 1.97. The van der Waals surface area contributed by atoms with E-state index in [1.54, 1.807) is 0 Å². The van der Waals surface area contributed by atoms with Gasteiger partial charge in [-0.1, -0.05) is 0 Å². The summed E-state index contributed by atoms with van der Waals surface area (Å²) in [4.78, 5) is 22.8. The highest BCUT2D eigenvalue weighted by Gasteiger charge is 2.59. The van der Waals surface area contributed by atoms with Gasteiger partial charge in [-0.3, -0.25) is 9.59 Å². The van der Waals surface area contributed by atoms with Crippen LogP contribution in [0.2, 0.25) is 0 Å². The molecule has 0 N–H and O–H groups in total. The average molecular weight is 202 g/mol. The molecule has 78 valence electrons. The van der Waals surface area contributed by atoms with E-state index < -0.39 is 17.6 Å². The molecule has 0 aliphatic heterocycles. The molecule has 0 heterocycles. The zero-order valence-corrected chi connectivity index (χ0v) is 7.98. The topological polar surface area (TPSA) is 34.1 Å². The normalized spacial score (nSPS) is 29.6. The van der Waals surface area contributed by atoms with E-state index in [-0.39, 0.29) is 11.2 Å². The minimum atomic E-state index is -3.36. The monoisotopic (exact) mass is 202 g/mol. The molecule has 2 aliphatic rings. The maximum absolute atomic E-state index is 12.7. The first-order valence-electron chi connectivity index (χ1n) is 4.83. The van der Waals surface area contributed by atoms with Crippen LogP contribution in [-0.4, -0.2) is 17.5 Å². The summed E-state index contributed by atoms with van der Waals surface area (Å²) in [5.74, 6) is -5.81. The van der Waals surface area contributed by atoms with Crippen molar-refractivity contribution in [3.05, 3.63) is 0 Å². The van der Waals surface area contributed by atoms with E-state index in [0.29, 0.717) is 19.8 Å². The number of hydrogen-bond donors (Lipinski definition) is 0. The molecule has 0 radical (unpaired) electrons. The fourth-order valence-corrected chi connectivity index (χ4v) is 2.25. The van der Waals surface area contributed by atoms with Crippen molar-refractivity contribution in [1.29, 1.82) is 0 Å². The summed E-state index contributed by atoms with van der Waals surface area (Å²) < 4.78 is 25.4. The van der Waals surface area contributed by atoms with Gasteiger partial charge in [-0.25, -0.2) is 0 Å². The van der Waals surface area contributed by atoms with Gasteiger partial charge in [-0.15, -0.1) is 0 Å². The summed E-state index contributed by atoms with van der Waals surface area (Å²) >= 11 is 0. The molecule has 2 aliphatic carbocycles. The lowest BCUT2D eigenvalue weighted by Crippen LogP contribution is -2.35. The van der Waals surface area contributed by atoms with E-state index in [1.165, 1.54) is 0 Å². The van der Waals surface area contributed by atoms with Crippen LogP contribution in [0, 0.1) is 11.3 Å². The van der Waals surface area contributed by atoms with E-state index in [4.69, 9.17) is 0 Å². The van der Waals surface area contributed by atoms with Gasteiger partial charge in [0, 0.05) is 12.3 Å². The van der Waals surface area contributed by atoms with Crippen LogP contribution in [0.25, 0.3) is 0 Å². The van der Waals surface area contributed by atoms with E-state index in [2.05, 4.69) is 0 Å². The summed E-state index contributed by atoms with van der Waals surface area (Å²) in [5.41, 5.74) is -0.369. The molecule has 2 fully saturated rings. The van der Waals surface area contributed by atoms with E-state index >= 15 is 0 Å². The number of halogens is 2. The summed E-state index contributed by atoms with van der Waals surface area (Å²) in [7, 11) is 0. The second-order valence-electron chi connectivity index (χ2n) is 4.49. The molecule has 2 saturated carbocycles. The molecule has 2 nitrogen and oxygen atoms in total. The molecule has 2 rings (SSSR count). The Morgan fingerprint density at radius 3 is 2.36 bits per heavy atom. The third-order valence-corrected chi connectivity index (χ3v) is 3.35. The number of carbonyl (C=O) groups is 2. The molecule has 4 heteroatoms. The Morgan fingerprint density at radius 1 is 1.43 bits per heavy atom. The molecular weight excluding hydrogens is 190 g/mol. The number of ketones is 2. The zero-order chi connectivity index (χ0) is 10.6. The second-order valence-corrected chi connectivity index (χ2v) is 4.49. The molecule has 0 bridgehead atoms. The maximum Gasteiger partial charge on any atom is 0.303 e. The molecule has 1 spiro atoms. The van der Waals surface area contributed by atoms with Crippen molar-refractivity contribution in [2.45, 2.75) is 38.5 Å². The number of hydrogen-bond acceptors (Lipinski definition) is 2. The van der Waals surface area contributed by atoms with Crippen LogP contribution in [-0.2, 0) is 9.59 Å². The van der Waals surface area contributed by atoms with Crippen molar-refractivity contribution in [2.75, 3.05) is 0 Å². The van der Waals surface area contributed by atoms with Crippen molar-refractivity contribution in [2.24, 2.45) is 11.3 Å². The Balaban J connectivity index is 2.14. The largest absolute Gasteiger partial charge is 0.303 e. The summed E-state index contributed by atoms with van der Waals surface area (Å²) in [6, 6.07) is 0. The SMILES string of the molecule is CC(F)(F)C(=O)C1CCC2(CC2)C1=O. The van der Waals surface area contributed by atoms with Crippen LogP contribution in [0.4, 0.5) is 8.78 Å². The Bertz CT molecular complexity index is 300. The van der Waals surface area contributed by atoms with Crippen molar-refractivity contribution < 1.29 is 18.4 Å². The molecule has 0 aromatic rings. The lowest BCUT2D eigenvalue weighted by atomic mass is 9.94. The molecule has 0 aromatic carbocycles. The van der Waals surface area contributed by atoms with Crippen LogP contribution in [0.5, 0.6) is 0 Å². The van der Waals surface area contributed by atoms with Crippen LogP contribution < -0.4 is 0 Å². The van der Waals surface area contributed by atoms with Crippen LogP contribution in [0.1, 0.15) is 32.6 Å². The van der Waals surface area contributed by atoms with E-state index in [1.807, 2.05) is 0 Å². The second kappa shape index (κ2) is 2.61. The van der Waals surface area contributed by atoms with Crippen molar-refractivity contribution in [3.63, 3.8) is 0 Å². The van der Waals surface area contributed by atoms with Crippen LogP contribution in [0.3, 0.4) is 0 Å². The molecular formula is C10H12F2O2. The van der Waals surface area contributed by atoms with Gasteiger partial charge >= 0.3 is 5.92 Å². The third kappa shape index (κ3) is 1.28. The number of carbonyl (C=O) groups excluding carboxylic acids is 2. The first kappa shape index (κ1) is 9.74. The molecule has 0 amide bonds. The lowest BCUT2D eigenvalue weighted by Gasteiger charge is -2.13. The quantitative estimate of drug-likeness (QED) is 0.641. The summed E-state index contributed by atoms with van der Waals surface area (Å²) in [5, 5.41) is 0. The number of Topliss-reactive ketones (excluding diaryl/α,β-unsaturated/α-hetero) is 2. The van der Waals surface area contributed by atoms with Crippen molar-refractivity contribution in [3.8, 4) is 0 Å². The summed E-state index contributed by atoms with van der Waals surface area (Å²) in [6.07, 6.45) is 2.51. The van der Waals surface area contributed by atoms with Gasteiger partial charge in [0.2, 0.25) is 5.78 Å². The maximum atomic E-state index is 12.7. The van der Waals surface area contributed by atoms with Crippen LogP contribution in [0.15, 0.2) is 0 Å². The predicted molar refractivity (Wildman–Crippen MR) is 45.0 cm³/mol. The zero-order valence-electron chi connectivity index (χ0n) is 7.98. The average Bonchev–Trinajstić information content (AvgIpc) is 2.76. The smallest absolute Gasteiger partial charge is 0.298 e. The van der Waals surface area contributed by atoms with Crippen molar-refractivity contribution in [1.82, 2.24) is 0 Å². The standard InChI is InChI=1S/C10H12F2O2/c1-9(11,12)7(13)6-2-3-10(4-5-10)8(6)14/h6H,2-5H2,1H3. The Labute approximate surface area is 80.7 Å². The van der Waals surface area contributed by atoms with E-state index in [9.17, 15) is 18.4 Å². The molecule has 1 atom stereocenters. The highest BCUT2D eigenvalue weighted by Crippen LogP contribution is 2.57. The molecule has 1 unspecified atom stereocenters. The van der Waals surface area contributed by atoms with Gasteiger partial charge in [0.25, 0.3) is 0 Å². The van der Waals surface area contributed by atoms with Gasteiger partial charge in [0.15, 0.2) is 0 Å². The van der Waals surface area contributed by atoms with Gasteiger partial charge in [0.1, 0.15) is 5.78 Å². The minimum Gasteiger partial charge on any atom is -0.298 e. The Hall–Kier alpha value is -0.800. The molecule has 14 heavy (non-hydrogen) atoms. The van der Waals surface area contributed by atoms with Gasteiger partial charge < -0.3 is 0 Å². The third-order valence-electron chi connectivity index (χ3n) is 3.35. The Kier molecular flexibility index (Phi) is 1.82. The molecule has 0 saturated heterocycles. The highest BCUT2D eigenvalue weighted by atomic mass is 19.3. The fourth-order valence-electron chi connectivity index (χ4n) is 2.25. The van der Waals surface area contributed by atoms with Gasteiger partial charge in [-0.05, 0) is 25.7 Å². The van der Waals surface area contributed by atoms with Crippen LogP contribution >= 0.6 is 0 Å².